The Morgan fingerprint density at radius 2 is 1.29 bits per heavy atom. The third kappa shape index (κ3) is 15.0. The Balaban J connectivity index is 1.32. The summed E-state index contributed by atoms with van der Waals surface area (Å²) in [6, 6.07) is 3.55. The minimum atomic E-state index is -4.11. The Morgan fingerprint density at radius 3 is 1.79 bits per heavy atom. The summed E-state index contributed by atoms with van der Waals surface area (Å²) in [7, 11) is -4.11. The summed E-state index contributed by atoms with van der Waals surface area (Å²) >= 11 is 0. The summed E-state index contributed by atoms with van der Waals surface area (Å²) in [5.41, 5.74) is 0.935. The average Bonchev–Trinajstić information content (AvgIpc) is 3.63. The molecule has 0 radical (unpaired) electrons. The molecule has 1 aromatic carbocycles. The van der Waals surface area contributed by atoms with Gasteiger partial charge in [-0.1, -0.05) is 6.07 Å². The second-order valence-corrected chi connectivity index (χ2v) is 19.6. The van der Waals surface area contributed by atoms with Crippen LogP contribution in [0.3, 0.4) is 0 Å². The molecule has 0 aromatic heterocycles. The number of likely N-dealkylation sites (tertiary alicyclic amines) is 2. The average molecular weight is 834 g/mol. The maximum absolute atomic E-state index is 13.7. The van der Waals surface area contributed by atoms with Crippen LogP contribution in [0.2, 0.25) is 0 Å². The van der Waals surface area contributed by atoms with Gasteiger partial charge in [-0.25, -0.2) is 18.0 Å². The summed E-state index contributed by atoms with van der Waals surface area (Å²) < 4.78 is 45.2. The quantitative estimate of drug-likeness (QED) is 0.150. The van der Waals surface area contributed by atoms with Crippen LogP contribution >= 0.6 is 0 Å². The highest BCUT2D eigenvalue weighted by molar-refractivity contribution is 7.89. The molecule has 3 N–H and O–H groups in total. The zero-order valence-corrected chi connectivity index (χ0v) is 36.5. The van der Waals surface area contributed by atoms with Gasteiger partial charge in [0.15, 0.2) is 0 Å². The number of benzene rings is 1. The Bertz CT molecular complexity index is 1640. The molecule has 0 spiro atoms. The van der Waals surface area contributed by atoms with Crippen LogP contribution in [0.15, 0.2) is 23.1 Å². The first kappa shape index (κ1) is 46.8. The normalized spacial score (nSPS) is 17.4. The van der Waals surface area contributed by atoms with Gasteiger partial charge in [-0.15, -0.1) is 0 Å². The zero-order valence-electron chi connectivity index (χ0n) is 35.7. The highest BCUT2D eigenvalue weighted by Crippen LogP contribution is 2.30. The summed E-state index contributed by atoms with van der Waals surface area (Å²) in [6.45, 7) is 14.3. The fourth-order valence-corrected chi connectivity index (χ4v) is 8.95. The van der Waals surface area contributed by atoms with E-state index in [-0.39, 0.29) is 48.6 Å². The Labute approximate surface area is 345 Å². The lowest BCUT2D eigenvalue weighted by atomic mass is 9.84. The summed E-state index contributed by atoms with van der Waals surface area (Å²) in [4.78, 5) is 68.2. The Kier molecular flexibility index (Phi) is 16.8. The molecule has 2 fully saturated rings. The number of amides is 4. The van der Waals surface area contributed by atoms with Crippen molar-refractivity contribution in [3.8, 4) is 0 Å². The first-order chi connectivity index (χ1) is 27.2. The monoisotopic (exact) mass is 833 g/mol. The van der Waals surface area contributed by atoms with Crippen molar-refractivity contribution in [3.05, 3.63) is 29.3 Å². The minimum Gasteiger partial charge on any atom is -0.465 e. The van der Waals surface area contributed by atoms with E-state index in [1.165, 1.54) is 6.07 Å². The number of carbonyl (C=O) groups is 5. The largest absolute Gasteiger partial charge is 0.465 e. The van der Waals surface area contributed by atoms with E-state index in [1.807, 2.05) is 41.5 Å². The number of nitrogens with zero attached hydrogens (tertiary/aromatic N) is 2. The topological polar surface area (TPSA) is 190 Å². The third-order valence-electron chi connectivity index (χ3n) is 10.9. The van der Waals surface area contributed by atoms with Gasteiger partial charge in [0.05, 0.1) is 18.0 Å². The second kappa shape index (κ2) is 20.9. The van der Waals surface area contributed by atoms with Gasteiger partial charge in [0, 0.05) is 38.6 Å². The molecular weight excluding hydrogens is 767 g/mol. The van der Waals surface area contributed by atoms with Crippen LogP contribution in [0.4, 0.5) is 9.59 Å². The lowest BCUT2D eigenvalue weighted by molar-refractivity contribution is -0.145. The van der Waals surface area contributed by atoms with Crippen LogP contribution in [0.5, 0.6) is 0 Å². The maximum Gasteiger partial charge on any atom is 0.410 e. The number of nitrogens with one attached hydrogen (secondary N) is 3. The molecular formula is C42H67N5O10S. The maximum atomic E-state index is 13.7. The first-order valence-corrected chi connectivity index (χ1v) is 22.5. The van der Waals surface area contributed by atoms with Gasteiger partial charge in [-0.2, -0.15) is 4.72 Å². The van der Waals surface area contributed by atoms with E-state index < -0.39 is 39.1 Å². The van der Waals surface area contributed by atoms with Crippen LogP contribution in [0.25, 0.3) is 0 Å². The van der Waals surface area contributed by atoms with Crippen LogP contribution in [-0.4, -0.2) is 111 Å². The molecule has 16 heteroatoms. The van der Waals surface area contributed by atoms with Gasteiger partial charge in [0.2, 0.25) is 21.8 Å². The Hall–Kier alpha value is -3.92. The molecule has 0 saturated carbocycles. The molecule has 2 aliphatic heterocycles. The molecule has 1 atom stereocenters. The van der Waals surface area contributed by atoms with Gasteiger partial charge in [-0.3, -0.25) is 14.4 Å². The number of hydrogen-bond acceptors (Lipinski definition) is 10. The number of sulfonamides is 1. The first-order valence-electron chi connectivity index (χ1n) is 21.0. The summed E-state index contributed by atoms with van der Waals surface area (Å²) in [5, 5.41) is 5.36. The fourth-order valence-electron chi connectivity index (χ4n) is 7.72. The molecule has 0 bridgehead atoms. The van der Waals surface area contributed by atoms with Crippen LogP contribution in [-0.2, 0) is 51.5 Å². The summed E-state index contributed by atoms with van der Waals surface area (Å²) in [6.07, 6.45) is 8.00. The number of rotatable bonds is 16. The molecule has 1 aliphatic carbocycles. The van der Waals surface area contributed by atoms with E-state index in [4.69, 9.17) is 14.2 Å². The molecule has 4 amide bonds. The summed E-state index contributed by atoms with van der Waals surface area (Å²) in [5.74, 6) is -1.38. The smallest absolute Gasteiger partial charge is 0.410 e. The van der Waals surface area contributed by atoms with Gasteiger partial charge < -0.3 is 34.6 Å². The molecule has 2 heterocycles. The molecule has 2 saturated heterocycles. The molecule has 326 valence electrons. The van der Waals surface area contributed by atoms with Crippen LogP contribution < -0.4 is 15.4 Å². The lowest BCUT2D eigenvalue weighted by Crippen LogP contribution is -2.50. The SMILES string of the molecule is CCOC(=O)[C@H](CNC(=O)CNC(=O)C(CCC1CCN(C(=O)OC(C)(C)C)CC1)CCC1CCN(C(=O)OC(C)(C)C)CC1)NS(=O)(=O)c1ccc2c(c1)CCC2. The van der Waals surface area contributed by atoms with Crippen molar-refractivity contribution >= 4 is 40.0 Å². The molecule has 1 aromatic rings. The lowest BCUT2D eigenvalue weighted by Gasteiger charge is -2.34. The highest BCUT2D eigenvalue weighted by atomic mass is 32.2. The minimum absolute atomic E-state index is 0.0208. The predicted octanol–water partition coefficient (Wildman–Crippen LogP) is 5.09. The number of piperidine rings is 2. The van der Waals surface area contributed by atoms with Crippen molar-refractivity contribution in [3.63, 3.8) is 0 Å². The second-order valence-electron chi connectivity index (χ2n) is 17.9. The number of esters is 1. The Morgan fingerprint density at radius 1 is 0.776 bits per heavy atom. The number of aryl methyl sites for hydroxylation is 2. The fraction of sp³-hybridized carbons (Fsp3) is 0.738. The molecule has 15 nitrogen and oxygen atoms in total. The van der Waals surface area contributed by atoms with Crippen molar-refractivity contribution < 1.29 is 46.6 Å². The van der Waals surface area contributed by atoms with Crippen molar-refractivity contribution in [1.29, 1.82) is 0 Å². The van der Waals surface area contributed by atoms with Crippen molar-refractivity contribution in [2.45, 2.75) is 141 Å². The van der Waals surface area contributed by atoms with Crippen LogP contribution in [0.1, 0.15) is 117 Å². The molecule has 58 heavy (non-hydrogen) atoms. The van der Waals surface area contributed by atoms with Gasteiger partial charge >= 0.3 is 18.2 Å². The van der Waals surface area contributed by atoms with Crippen molar-refractivity contribution in [2.24, 2.45) is 17.8 Å². The third-order valence-corrected chi connectivity index (χ3v) is 12.4. The van der Waals surface area contributed by atoms with Gasteiger partial charge in [0.25, 0.3) is 0 Å². The number of ether oxygens (including phenoxy) is 3. The highest BCUT2D eigenvalue weighted by Gasteiger charge is 2.32. The van der Waals surface area contributed by atoms with Gasteiger partial charge in [0.1, 0.15) is 17.2 Å². The number of fused-ring (bicyclic) bond motifs is 1. The standard InChI is InChI=1S/C42H67N5O10S/c1-8-55-38(50)35(45-58(53,54)34-17-16-31-10-9-11-33(31)26-34)27-43-36(48)28-44-37(49)32(14-12-29-18-22-46(23-19-29)39(51)56-41(2,3)4)15-13-30-20-24-47(25-21-30)40(52)57-42(5,6)7/h16-17,26,29-30,32,35,45H,8-15,18-25,27-28H2,1-7H3,(H,43,48)(H,44,49)/t35-/m0/s1. The number of hydrogen-bond donors (Lipinski definition) is 3. The predicted molar refractivity (Wildman–Crippen MR) is 218 cm³/mol. The van der Waals surface area contributed by atoms with Gasteiger partial charge in [-0.05, 0) is 154 Å². The van der Waals surface area contributed by atoms with Crippen molar-refractivity contribution in [1.82, 2.24) is 25.2 Å². The van der Waals surface area contributed by atoms with E-state index in [1.54, 1.807) is 28.9 Å². The molecule has 0 unspecified atom stereocenters. The zero-order chi connectivity index (χ0) is 42.7. The van der Waals surface area contributed by atoms with E-state index >= 15 is 0 Å². The van der Waals surface area contributed by atoms with E-state index in [2.05, 4.69) is 15.4 Å². The van der Waals surface area contributed by atoms with E-state index in [0.29, 0.717) is 50.9 Å². The molecule has 4 rings (SSSR count). The number of carbonyl (C=O) groups excluding carboxylic acids is 5. The van der Waals surface area contributed by atoms with E-state index in [0.717, 1.165) is 68.9 Å². The molecule has 3 aliphatic rings. The van der Waals surface area contributed by atoms with E-state index in [9.17, 15) is 32.4 Å². The van der Waals surface area contributed by atoms with Crippen LogP contribution in [0, 0.1) is 17.8 Å². The van der Waals surface area contributed by atoms with Crippen molar-refractivity contribution in [2.75, 3.05) is 45.9 Å².